The van der Waals surface area contributed by atoms with Gasteiger partial charge < -0.3 is 9.84 Å². The largest absolute Gasteiger partial charge is 0.511 e. The molecule has 1 saturated carbocycles. The lowest BCUT2D eigenvalue weighted by Gasteiger charge is -2.28. The van der Waals surface area contributed by atoms with Crippen LogP contribution in [0.25, 0.3) is 11.1 Å². The average molecular weight is 374 g/mol. The second-order valence-corrected chi connectivity index (χ2v) is 7.23. The minimum atomic E-state index is -1.68. The van der Waals surface area contributed by atoms with Gasteiger partial charge in [-0.05, 0) is 60.8 Å². The first-order valence-electron chi connectivity index (χ1n) is 9.48. The fraction of sp³-hybridized carbons (Fsp3) is 0.409. The summed E-state index contributed by atoms with van der Waals surface area (Å²) in [7, 11) is 0. The van der Waals surface area contributed by atoms with Crippen LogP contribution in [0.5, 0.6) is 5.75 Å². The molecule has 0 amide bonds. The Bertz CT molecular complexity index is 794. The molecule has 1 aliphatic carbocycles. The van der Waals surface area contributed by atoms with Crippen LogP contribution in [0.1, 0.15) is 56.9 Å². The molecule has 1 N–H and O–H groups in total. The Labute approximate surface area is 158 Å². The van der Waals surface area contributed by atoms with E-state index in [2.05, 4.69) is 11.7 Å². The van der Waals surface area contributed by atoms with Crippen molar-refractivity contribution in [3.05, 3.63) is 53.6 Å². The van der Waals surface area contributed by atoms with Crippen molar-refractivity contribution < 1.29 is 23.4 Å². The van der Waals surface area contributed by atoms with Crippen LogP contribution in [0.4, 0.5) is 13.6 Å². The SMILES string of the molecule is CCCC1CCC(c2ccc(-c3ccc(F)c(F)c3OC(=O)O)cc2)CC1. The van der Waals surface area contributed by atoms with Gasteiger partial charge in [0.2, 0.25) is 5.82 Å². The normalized spacial score (nSPS) is 19.7. The highest BCUT2D eigenvalue weighted by atomic mass is 19.2. The van der Waals surface area contributed by atoms with Crippen LogP contribution in [0, 0.1) is 17.6 Å². The number of hydrogen-bond acceptors (Lipinski definition) is 2. The fourth-order valence-electron chi connectivity index (χ4n) is 4.07. The maximum atomic E-state index is 14.0. The van der Waals surface area contributed by atoms with E-state index in [1.54, 1.807) is 0 Å². The van der Waals surface area contributed by atoms with Gasteiger partial charge in [0.15, 0.2) is 11.6 Å². The predicted molar refractivity (Wildman–Crippen MR) is 100 cm³/mol. The lowest BCUT2D eigenvalue weighted by Crippen LogP contribution is -2.13. The van der Waals surface area contributed by atoms with Gasteiger partial charge in [-0.15, -0.1) is 0 Å². The number of carbonyl (C=O) groups is 1. The molecule has 3 nitrogen and oxygen atoms in total. The van der Waals surface area contributed by atoms with E-state index in [0.29, 0.717) is 11.5 Å². The number of hydrogen-bond donors (Lipinski definition) is 1. The second kappa shape index (κ2) is 8.51. The molecule has 27 heavy (non-hydrogen) atoms. The van der Waals surface area contributed by atoms with Crippen LogP contribution in [-0.2, 0) is 0 Å². The van der Waals surface area contributed by atoms with E-state index in [0.717, 1.165) is 12.0 Å². The minimum absolute atomic E-state index is 0.217. The van der Waals surface area contributed by atoms with E-state index in [9.17, 15) is 13.6 Å². The number of carboxylic acid groups (broad SMARTS) is 1. The van der Waals surface area contributed by atoms with Crippen molar-refractivity contribution in [3.63, 3.8) is 0 Å². The highest BCUT2D eigenvalue weighted by Crippen LogP contribution is 2.39. The Morgan fingerprint density at radius 2 is 1.74 bits per heavy atom. The summed E-state index contributed by atoms with van der Waals surface area (Å²) in [6, 6.07) is 9.92. The van der Waals surface area contributed by atoms with Crippen molar-refractivity contribution in [3.8, 4) is 16.9 Å². The fourth-order valence-corrected chi connectivity index (χ4v) is 4.07. The maximum Gasteiger partial charge on any atom is 0.511 e. The van der Waals surface area contributed by atoms with Gasteiger partial charge in [-0.1, -0.05) is 44.0 Å². The molecule has 2 aromatic carbocycles. The summed E-state index contributed by atoms with van der Waals surface area (Å²) in [6.45, 7) is 2.23. The van der Waals surface area contributed by atoms with E-state index in [4.69, 9.17) is 5.11 Å². The van der Waals surface area contributed by atoms with Gasteiger partial charge in [0, 0.05) is 5.56 Å². The Morgan fingerprint density at radius 1 is 1.07 bits per heavy atom. The first-order valence-corrected chi connectivity index (χ1v) is 9.48. The summed E-state index contributed by atoms with van der Waals surface area (Å²) in [5.41, 5.74) is 2.04. The molecule has 1 fully saturated rings. The van der Waals surface area contributed by atoms with Crippen molar-refractivity contribution in [2.24, 2.45) is 5.92 Å². The van der Waals surface area contributed by atoms with E-state index < -0.39 is 23.5 Å². The summed E-state index contributed by atoms with van der Waals surface area (Å²) in [5, 5.41) is 8.82. The molecule has 0 heterocycles. The molecule has 0 bridgehead atoms. The van der Waals surface area contributed by atoms with Gasteiger partial charge in [-0.2, -0.15) is 4.39 Å². The number of rotatable bonds is 5. The number of benzene rings is 2. The number of halogens is 2. The summed E-state index contributed by atoms with van der Waals surface area (Å²) in [6.07, 6.45) is 5.69. The van der Waals surface area contributed by atoms with Crippen molar-refractivity contribution in [2.45, 2.75) is 51.4 Å². The highest BCUT2D eigenvalue weighted by Gasteiger charge is 2.23. The van der Waals surface area contributed by atoms with Crippen LogP contribution in [-0.4, -0.2) is 11.3 Å². The third-order valence-electron chi connectivity index (χ3n) is 5.48. The molecule has 0 aromatic heterocycles. The van der Waals surface area contributed by atoms with Crippen LogP contribution in [0.15, 0.2) is 36.4 Å². The van der Waals surface area contributed by atoms with E-state index in [-0.39, 0.29) is 5.56 Å². The van der Waals surface area contributed by atoms with Gasteiger partial charge in [-0.3, -0.25) is 0 Å². The monoisotopic (exact) mass is 374 g/mol. The molecule has 1 aliphatic rings. The van der Waals surface area contributed by atoms with Crippen molar-refractivity contribution in [1.29, 1.82) is 0 Å². The third-order valence-corrected chi connectivity index (χ3v) is 5.48. The Balaban J connectivity index is 1.80. The second-order valence-electron chi connectivity index (χ2n) is 7.23. The Morgan fingerprint density at radius 3 is 2.33 bits per heavy atom. The zero-order valence-corrected chi connectivity index (χ0v) is 15.4. The molecule has 144 valence electrons. The predicted octanol–water partition coefficient (Wildman–Crippen LogP) is 6.76. The zero-order valence-electron chi connectivity index (χ0n) is 15.4. The summed E-state index contributed by atoms with van der Waals surface area (Å²) < 4.78 is 32.0. The molecule has 5 heteroatoms. The molecular weight excluding hydrogens is 350 g/mol. The minimum Gasteiger partial charge on any atom is -0.449 e. The van der Waals surface area contributed by atoms with Gasteiger partial charge in [0.1, 0.15) is 0 Å². The van der Waals surface area contributed by atoms with E-state index in [1.165, 1.54) is 50.2 Å². The number of ether oxygens (including phenoxy) is 1. The zero-order chi connectivity index (χ0) is 19.4. The van der Waals surface area contributed by atoms with Crippen molar-refractivity contribution >= 4 is 6.16 Å². The quantitative estimate of drug-likeness (QED) is 0.464. The average Bonchev–Trinajstić information content (AvgIpc) is 2.67. The molecule has 0 aliphatic heterocycles. The molecule has 0 atom stereocenters. The smallest absolute Gasteiger partial charge is 0.449 e. The molecule has 0 radical (unpaired) electrons. The van der Waals surface area contributed by atoms with Gasteiger partial charge in [-0.25, -0.2) is 9.18 Å². The molecular formula is C22H24F2O3. The summed E-state index contributed by atoms with van der Waals surface area (Å²) >= 11 is 0. The first-order chi connectivity index (χ1) is 13.0. The lowest BCUT2D eigenvalue weighted by atomic mass is 9.77. The Hall–Kier alpha value is -2.43. The van der Waals surface area contributed by atoms with Crippen LogP contribution >= 0.6 is 0 Å². The Kier molecular flexibility index (Phi) is 6.09. The summed E-state index contributed by atoms with van der Waals surface area (Å²) in [4.78, 5) is 10.8. The molecule has 0 saturated heterocycles. The van der Waals surface area contributed by atoms with Gasteiger partial charge in [0.25, 0.3) is 0 Å². The molecule has 3 rings (SSSR count). The van der Waals surface area contributed by atoms with E-state index >= 15 is 0 Å². The molecule has 0 unspecified atom stereocenters. The molecule has 0 spiro atoms. The van der Waals surface area contributed by atoms with Crippen LogP contribution in [0.2, 0.25) is 0 Å². The van der Waals surface area contributed by atoms with Crippen LogP contribution < -0.4 is 4.74 Å². The highest BCUT2D eigenvalue weighted by molar-refractivity contribution is 5.74. The maximum absolute atomic E-state index is 14.0. The summed E-state index contributed by atoms with van der Waals surface area (Å²) in [5.74, 6) is -1.69. The lowest BCUT2D eigenvalue weighted by molar-refractivity contribution is 0.142. The van der Waals surface area contributed by atoms with Crippen molar-refractivity contribution in [2.75, 3.05) is 0 Å². The topological polar surface area (TPSA) is 46.5 Å². The van der Waals surface area contributed by atoms with Crippen LogP contribution in [0.3, 0.4) is 0 Å². The van der Waals surface area contributed by atoms with E-state index in [1.807, 2.05) is 24.3 Å². The van der Waals surface area contributed by atoms with Crippen molar-refractivity contribution in [1.82, 2.24) is 0 Å². The standard InChI is InChI=1S/C22H24F2O3/c1-2-3-14-4-6-15(7-5-14)16-8-10-17(11-9-16)18-12-13-19(23)20(24)21(18)27-22(25)26/h8-15H,2-7H2,1H3,(H,25,26). The third kappa shape index (κ3) is 4.46. The van der Waals surface area contributed by atoms with Gasteiger partial charge >= 0.3 is 6.16 Å². The molecule has 2 aromatic rings. The van der Waals surface area contributed by atoms with Gasteiger partial charge in [0.05, 0.1) is 0 Å². The first kappa shape index (κ1) is 19.3.